The van der Waals surface area contributed by atoms with Crippen molar-refractivity contribution in [1.82, 2.24) is 5.32 Å². The van der Waals surface area contributed by atoms with Gasteiger partial charge in [-0.3, -0.25) is 14.9 Å². The maximum atomic E-state index is 13.6. The Balaban J connectivity index is 2.86. The lowest BCUT2D eigenvalue weighted by Crippen LogP contribution is -2.35. The Hall–Kier alpha value is -1.63. The van der Waals surface area contributed by atoms with Crippen molar-refractivity contribution >= 4 is 17.6 Å². The summed E-state index contributed by atoms with van der Waals surface area (Å²) in [6.45, 7) is -0.496. The molecule has 1 rings (SSSR count). The summed E-state index contributed by atoms with van der Waals surface area (Å²) in [5, 5.41) is 21.2. The van der Waals surface area contributed by atoms with Crippen LogP contribution in [-0.4, -0.2) is 28.3 Å². The van der Waals surface area contributed by atoms with Crippen LogP contribution in [0.4, 0.5) is 4.39 Å². The molecule has 1 aliphatic rings. The van der Waals surface area contributed by atoms with Crippen LogP contribution in [0.25, 0.3) is 0 Å². The van der Waals surface area contributed by atoms with Crippen molar-refractivity contribution in [2.24, 2.45) is 0 Å². The van der Waals surface area contributed by atoms with Crippen molar-refractivity contribution in [2.75, 3.05) is 6.54 Å². The number of alkyl halides is 1. The number of nitrogens with zero attached hydrogens (tertiary/aromatic N) is 1. The van der Waals surface area contributed by atoms with Gasteiger partial charge >= 0.3 is 11.8 Å². The van der Waals surface area contributed by atoms with Crippen LogP contribution in [0.1, 0.15) is 6.42 Å². The molecule has 0 aromatic rings. The van der Waals surface area contributed by atoms with Crippen molar-refractivity contribution in [3.8, 4) is 0 Å². The number of carboxylic acids is 1. The first-order valence-corrected chi connectivity index (χ1v) is 4.61. The number of rotatable bonds is 4. The van der Waals surface area contributed by atoms with Crippen LogP contribution >= 0.6 is 11.6 Å². The normalized spacial score (nSPS) is 24.4. The number of aliphatic carboxylic acids is 1. The molecule has 0 spiro atoms. The predicted octanol–water partition coefficient (Wildman–Crippen LogP) is 1.01. The van der Waals surface area contributed by atoms with E-state index in [1.165, 1.54) is 0 Å². The number of carbonyl (C=O) groups is 1. The third-order valence-corrected chi connectivity index (χ3v) is 2.28. The van der Waals surface area contributed by atoms with E-state index in [0.29, 0.717) is 6.08 Å². The average Bonchev–Trinajstić information content (AvgIpc) is 2.19. The number of hydrogen-bond donors (Lipinski definition) is 2. The highest BCUT2D eigenvalue weighted by Gasteiger charge is 2.42. The van der Waals surface area contributed by atoms with Crippen molar-refractivity contribution in [3.63, 3.8) is 0 Å². The summed E-state index contributed by atoms with van der Waals surface area (Å²) >= 11 is 5.65. The maximum absolute atomic E-state index is 13.6. The highest BCUT2D eigenvalue weighted by atomic mass is 35.5. The molecule has 1 aliphatic carbocycles. The van der Waals surface area contributed by atoms with Crippen LogP contribution in [0.15, 0.2) is 22.9 Å². The topological polar surface area (TPSA) is 92.5 Å². The summed E-state index contributed by atoms with van der Waals surface area (Å²) in [5.74, 6) is -3.92. The van der Waals surface area contributed by atoms with E-state index >= 15 is 0 Å². The Morgan fingerprint density at radius 3 is 2.94 bits per heavy atom. The van der Waals surface area contributed by atoms with Gasteiger partial charge in [0.2, 0.25) is 0 Å². The highest BCUT2D eigenvalue weighted by Crippen LogP contribution is 2.30. The second-order valence-electron chi connectivity index (χ2n) is 3.14. The van der Waals surface area contributed by atoms with Gasteiger partial charge in [-0.2, -0.15) is 4.39 Å². The van der Waals surface area contributed by atoms with Crippen LogP contribution in [0.2, 0.25) is 0 Å². The number of allylic oxidation sites excluding steroid dienone is 1. The molecule has 0 aromatic heterocycles. The fraction of sp³-hybridized carbons (Fsp3) is 0.375. The largest absolute Gasteiger partial charge is 0.480 e. The molecule has 0 saturated carbocycles. The second kappa shape index (κ2) is 4.48. The molecule has 0 aromatic carbocycles. The van der Waals surface area contributed by atoms with Crippen molar-refractivity contribution in [2.45, 2.75) is 12.2 Å². The van der Waals surface area contributed by atoms with Gasteiger partial charge in [0.25, 0.3) is 0 Å². The Morgan fingerprint density at radius 1 is 1.81 bits per heavy atom. The lowest BCUT2D eigenvalue weighted by molar-refractivity contribution is -0.588. The van der Waals surface area contributed by atoms with Crippen molar-refractivity contribution in [1.29, 1.82) is 0 Å². The van der Waals surface area contributed by atoms with E-state index < -0.39 is 29.7 Å². The van der Waals surface area contributed by atoms with Crippen LogP contribution in [0, 0.1) is 10.1 Å². The molecule has 1 unspecified atom stereocenters. The molecule has 1 atom stereocenters. The number of carboxylic acid groups (broad SMARTS) is 1. The Labute approximate surface area is 94.5 Å². The fourth-order valence-electron chi connectivity index (χ4n) is 1.13. The molecular formula is C8H8ClFN2O4. The van der Waals surface area contributed by atoms with Gasteiger partial charge in [0.1, 0.15) is 6.54 Å². The zero-order valence-electron chi connectivity index (χ0n) is 7.94. The number of halogens is 2. The molecule has 88 valence electrons. The van der Waals surface area contributed by atoms with E-state index in [1.54, 1.807) is 0 Å². The summed E-state index contributed by atoms with van der Waals surface area (Å²) in [7, 11) is 0. The number of nitrogens with one attached hydrogen (secondary N) is 1. The monoisotopic (exact) mass is 250 g/mol. The van der Waals surface area contributed by atoms with E-state index in [-0.39, 0.29) is 10.7 Å². The molecule has 0 heterocycles. The van der Waals surface area contributed by atoms with Gasteiger partial charge in [0.05, 0.1) is 28.1 Å². The van der Waals surface area contributed by atoms with Gasteiger partial charge < -0.3 is 10.4 Å². The fourth-order valence-corrected chi connectivity index (χ4v) is 1.32. The van der Waals surface area contributed by atoms with Gasteiger partial charge in [0.15, 0.2) is 0 Å². The molecular weight excluding hydrogens is 243 g/mol. The third kappa shape index (κ3) is 2.69. The summed E-state index contributed by atoms with van der Waals surface area (Å²) in [6, 6.07) is 0. The molecule has 0 bridgehead atoms. The zero-order chi connectivity index (χ0) is 12.3. The summed E-state index contributed by atoms with van der Waals surface area (Å²) in [4.78, 5) is 19.6. The molecule has 0 saturated heterocycles. The van der Waals surface area contributed by atoms with Crippen LogP contribution in [-0.2, 0) is 4.79 Å². The Kier molecular flexibility index (Phi) is 3.48. The molecule has 0 amide bonds. The third-order valence-electron chi connectivity index (χ3n) is 1.92. The summed E-state index contributed by atoms with van der Waals surface area (Å²) < 4.78 is 13.6. The van der Waals surface area contributed by atoms with Gasteiger partial charge in [-0.1, -0.05) is 17.7 Å². The van der Waals surface area contributed by atoms with E-state index in [1.807, 2.05) is 0 Å². The van der Waals surface area contributed by atoms with Gasteiger partial charge in [0, 0.05) is 0 Å². The summed E-state index contributed by atoms with van der Waals surface area (Å²) in [6.07, 6.45) is 1.34. The van der Waals surface area contributed by atoms with Crippen LogP contribution < -0.4 is 5.32 Å². The lowest BCUT2D eigenvalue weighted by atomic mass is 10.0. The maximum Gasteiger partial charge on any atom is 0.383 e. The van der Waals surface area contributed by atoms with E-state index in [0.717, 1.165) is 6.08 Å². The first-order chi connectivity index (χ1) is 7.35. The smallest absolute Gasteiger partial charge is 0.383 e. The minimum absolute atomic E-state index is 0.0661. The van der Waals surface area contributed by atoms with Gasteiger partial charge in [-0.25, -0.2) is 0 Å². The highest BCUT2D eigenvalue weighted by molar-refractivity contribution is 6.32. The van der Waals surface area contributed by atoms with Crippen molar-refractivity contribution in [3.05, 3.63) is 33.0 Å². The minimum Gasteiger partial charge on any atom is -0.480 e. The molecule has 6 nitrogen and oxygen atoms in total. The SMILES string of the molecule is O=C(O)CNC1=CC(F)([N+](=O)[O-])CC=C1Cl. The van der Waals surface area contributed by atoms with E-state index in [4.69, 9.17) is 16.7 Å². The minimum atomic E-state index is -2.74. The first-order valence-electron chi connectivity index (χ1n) is 4.23. The van der Waals surface area contributed by atoms with E-state index in [9.17, 15) is 19.3 Å². The van der Waals surface area contributed by atoms with Gasteiger partial charge in [-0.05, 0) is 0 Å². The summed E-state index contributed by atoms with van der Waals surface area (Å²) in [5.41, 5.74) is -0.0884. The van der Waals surface area contributed by atoms with Gasteiger partial charge in [-0.15, -0.1) is 0 Å². The molecule has 0 aliphatic heterocycles. The Bertz CT molecular complexity index is 395. The molecule has 0 fully saturated rings. The van der Waals surface area contributed by atoms with E-state index in [2.05, 4.69) is 5.32 Å². The molecule has 16 heavy (non-hydrogen) atoms. The Morgan fingerprint density at radius 2 is 2.44 bits per heavy atom. The van der Waals surface area contributed by atoms with Crippen molar-refractivity contribution < 1.29 is 19.2 Å². The second-order valence-corrected chi connectivity index (χ2v) is 3.54. The molecule has 2 N–H and O–H groups in total. The first kappa shape index (κ1) is 12.4. The molecule has 0 radical (unpaired) electrons. The standard InChI is InChI=1S/C8H8ClFN2O4/c9-5-1-2-8(10,12(15)16)3-6(5)11-4-7(13)14/h1,3,11H,2,4H2,(H,13,14). The quantitative estimate of drug-likeness (QED) is 0.441. The number of hydrogen-bond acceptors (Lipinski definition) is 4. The zero-order valence-corrected chi connectivity index (χ0v) is 8.70. The number of nitro groups is 1. The lowest BCUT2D eigenvalue weighted by Gasteiger charge is -2.19. The predicted molar refractivity (Wildman–Crippen MR) is 53.1 cm³/mol. The van der Waals surface area contributed by atoms with Crippen LogP contribution in [0.5, 0.6) is 0 Å². The molecule has 8 heteroatoms. The van der Waals surface area contributed by atoms with Crippen LogP contribution in [0.3, 0.4) is 0 Å². The average molecular weight is 251 g/mol.